The maximum atomic E-state index is 9.60. The summed E-state index contributed by atoms with van der Waals surface area (Å²) in [6, 6.07) is 9.01. The van der Waals surface area contributed by atoms with Crippen molar-refractivity contribution in [2.45, 2.75) is 15.4 Å². The lowest BCUT2D eigenvalue weighted by atomic mass is 10.2. The number of rotatable bonds is 3. The van der Waals surface area contributed by atoms with Gasteiger partial charge < -0.3 is 10.2 Å². The van der Waals surface area contributed by atoms with Gasteiger partial charge in [0.2, 0.25) is 0 Å². The van der Waals surface area contributed by atoms with Crippen LogP contribution in [0.1, 0.15) is 12.5 Å². The van der Waals surface area contributed by atoms with Gasteiger partial charge in [-0.2, -0.15) is 0 Å². The fraction of sp³-hybridized carbons (Fsp3) is 0.333. The molecule has 0 bridgehead atoms. The molecule has 70 valence electrons. The van der Waals surface area contributed by atoms with E-state index in [0.717, 1.165) is 4.55 Å². The second-order valence-electron chi connectivity index (χ2n) is 2.93. The van der Waals surface area contributed by atoms with Crippen molar-refractivity contribution in [1.29, 1.82) is 0 Å². The van der Waals surface area contributed by atoms with Crippen molar-refractivity contribution in [3.63, 3.8) is 0 Å². The van der Waals surface area contributed by atoms with Crippen molar-refractivity contribution in [3.8, 4) is 0 Å². The molecule has 2 nitrogen and oxygen atoms in total. The molecule has 0 atom stereocenters. The second kappa shape index (κ2) is 5.83. The lowest BCUT2D eigenvalue weighted by Gasteiger charge is -2.21. The first-order chi connectivity index (χ1) is 5.67. The highest BCUT2D eigenvalue weighted by Crippen LogP contribution is 2.16. The highest BCUT2D eigenvalue weighted by Gasteiger charge is 2.25. The summed E-state index contributed by atoms with van der Waals surface area (Å²) in [6.07, 6.45) is 0. The molecule has 2 N–H and O–H groups in total. The highest BCUT2D eigenvalue weighted by molar-refractivity contribution is 6.38. The van der Waals surface area contributed by atoms with Crippen LogP contribution in [0.25, 0.3) is 0 Å². The molecule has 4 heteroatoms. The molecule has 1 rings (SSSR count). The Morgan fingerprint density at radius 1 is 1.23 bits per heavy atom. The quantitative estimate of drug-likeness (QED) is 0.587. The molecular formula is C9H13ClMgO2. The molecular weight excluding hydrogens is 200 g/mol. The molecule has 0 aromatic heterocycles. The van der Waals surface area contributed by atoms with Gasteiger partial charge in [0.25, 0.3) is 0 Å². The van der Waals surface area contributed by atoms with E-state index in [1.807, 2.05) is 25.1 Å². The van der Waals surface area contributed by atoms with Crippen molar-refractivity contribution >= 4 is 32.8 Å². The van der Waals surface area contributed by atoms with Crippen molar-refractivity contribution in [3.05, 3.63) is 35.9 Å². The number of aliphatic hydroxyl groups is 2. The van der Waals surface area contributed by atoms with Crippen LogP contribution in [0, 0.1) is 0 Å². The molecule has 0 aliphatic carbocycles. The molecule has 0 saturated heterocycles. The van der Waals surface area contributed by atoms with Gasteiger partial charge in [-0.05, 0) is 5.56 Å². The summed E-state index contributed by atoms with van der Waals surface area (Å²) in [6.45, 7) is 1.98. The van der Waals surface area contributed by atoms with Crippen LogP contribution >= 0.6 is 12.4 Å². The summed E-state index contributed by atoms with van der Waals surface area (Å²) < 4.78 is -0.627. The molecule has 0 heterocycles. The Bertz CT molecular complexity index is 239. The van der Waals surface area contributed by atoms with E-state index in [1.54, 1.807) is 12.1 Å². The molecule has 0 spiro atoms. The Labute approximate surface area is 94.1 Å². The monoisotopic (exact) mass is 212 g/mol. The summed E-state index contributed by atoms with van der Waals surface area (Å²) in [5, 5.41) is 19.2. The minimum atomic E-state index is -1.52. The van der Waals surface area contributed by atoms with Crippen LogP contribution in [0.4, 0.5) is 0 Å². The van der Waals surface area contributed by atoms with E-state index in [-0.39, 0.29) is 12.4 Å². The van der Waals surface area contributed by atoms with Crippen LogP contribution in [-0.2, 0) is 3.92 Å². The second-order valence-corrected chi connectivity index (χ2v) is 5.42. The fourth-order valence-electron chi connectivity index (χ4n) is 1.20. The predicted octanol–water partition coefficient (Wildman–Crippen LogP) is 1.35. The zero-order valence-electron chi connectivity index (χ0n) is 7.60. The molecule has 1 aromatic rings. The number of halogens is 1. The Hall–Kier alpha value is 0.196. The van der Waals surface area contributed by atoms with Crippen LogP contribution < -0.4 is 0 Å². The molecule has 1 aromatic carbocycles. The maximum Gasteiger partial charge on any atom is 0.464 e. The zero-order valence-corrected chi connectivity index (χ0v) is 9.83. The van der Waals surface area contributed by atoms with Gasteiger partial charge in [0.15, 0.2) is 0 Å². The van der Waals surface area contributed by atoms with Gasteiger partial charge in [-0.25, -0.2) is 0 Å². The molecule has 0 aliphatic rings. The van der Waals surface area contributed by atoms with Crippen LogP contribution in [0.3, 0.4) is 0 Å². The molecule has 0 radical (unpaired) electrons. The Morgan fingerprint density at radius 3 is 2.23 bits per heavy atom. The SMILES string of the molecule is C[CH2][Mg][C](O)(O)c1ccccc1.Cl. The highest BCUT2D eigenvalue weighted by atomic mass is 35.5. The van der Waals surface area contributed by atoms with E-state index in [1.165, 1.54) is 0 Å². The third kappa shape index (κ3) is 3.83. The molecule has 0 fully saturated rings. The van der Waals surface area contributed by atoms with Crippen LogP contribution in [0.5, 0.6) is 0 Å². The summed E-state index contributed by atoms with van der Waals surface area (Å²) >= 11 is -0.838. The average Bonchev–Trinajstić information content (AvgIpc) is 2.06. The van der Waals surface area contributed by atoms with Crippen molar-refractivity contribution < 1.29 is 10.2 Å². The molecule has 13 heavy (non-hydrogen) atoms. The summed E-state index contributed by atoms with van der Waals surface area (Å²) in [7, 11) is 0. The molecule has 0 saturated carbocycles. The van der Waals surface area contributed by atoms with E-state index >= 15 is 0 Å². The molecule has 0 aliphatic heterocycles. The standard InChI is InChI=1S/C7H7O2.C2H5.ClH.Mg/c8-7(9)6-4-2-1-3-5-6;1-2;;/h1-5,8-9H;1H2,2H3;1H;. The first-order valence-electron chi connectivity index (χ1n) is 4.17. The smallest absolute Gasteiger partial charge is 0.389 e. The maximum absolute atomic E-state index is 9.60. The van der Waals surface area contributed by atoms with Crippen molar-refractivity contribution in [2.24, 2.45) is 0 Å². The van der Waals surface area contributed by atoms with Crippen LogP contribution in [-0.4, -0.2) is 30.6 Å². The Kier molecular flexibility index (Phi) is 5.92. The first kappa shape index (κ1) is 13.2. The third-order valence-electron chi connectivity index (χ3n) is 1.83. The van der Waals surface area contributed by atoms with Crippen molar-refractivity contribution in [1.82, 2.24) is 0 Å². The summed E-state index contributed by atoms with van der Waals surface area (Å²) in [5.74, 6) is 0. The predicted molar refractivity (Wildman–Crippen MR) is 56.0 cm³/mol. The average molecular weight is 213 g/mol. The van der Waals surface area contributed by atoms with Gasteiger partial charge >= 0.3 is 20.4 Å². The Morgan fingerprint density at radius 2 is 1.77 bits per heavy atom. The molecule has 0 amide bonds. The Balaban J connectivity index is 0.00000144. The third-order valence-corrected chi connectivity index (χ3v) is 3.44. The fourth-order valence-corrected chi connectivity index (χ4v) is 2.42. The van der Waals surface area contributed by atoms with Crippen LogP contribution in [0.15, 0.2) is 30.3 Å². The minimum Gasteiger partial charge on any atom is -0.389 e. The van der Waals surface area contributed by atoms with Gasteiger partial charge in [0, 0.05) is 0 Å². The van der Waals surface area contributed by atoms with Crippen LogP contribution in [0.2, 0.25) is 4.55 Å². The van der Waals surface area contributed by atoms with Gasteiger partial charge in [0.05, 0.1) is 3.92 Å². The van der Waals surface area contributed by atoms with E-state index in [2.05, 4.69) is 0 Å². The van der Waals surface area contributed by atoms with E-state index < -0.39 is 24.3 Å². The molecule has 0 unspecified atom stereocenters. The topological polar surface area (TPSA) is 40.5 Å². The number of hydrogen-bond acceptors (Lipinski definition) is 2. The lowest BCUT2D eigenvalue weighted by Crippen LogP contribution is -2.31. The number of benzene rings is 1. The van der Waals surface area contributed by atoms with E-state index in [0.29, 0.717) is 5.56 Å². The largest absolute Gasteiger partial charge is 0.464 e. The van der Waals surface area contributed by atoms with E-state index in [4.69, 9.17) is 0 Å². The van der Waals surface area contributed by atoms with Gasteiger partial charge in [-0.1, -0.05) is 37.3 Å². The first-order valence-corrected chi connectivity index (χ1v) is 5.88. The number of hydrogen-bond donors (Lipinski definition) is 2. The normalized spacial score (nSPS) is 10.1. The minimum absolute atomic E-state index is 0. The van der Waals surface area contributed by atoms with Gasteiger partial charge in [0.1, 0.15) is 0 Å². The summed E-state index contributed by atoms with van der Waals surface area (Å²) in [5.41, 5.74) is 0.624. The van der Waals surface area contributed by atoms with Gasteiger partial charge in [-0.3, -0.25) is 0 Å². The zero-order chi connectivity index (χ0) is 9.03. The van der Waals surface area contributed by atoms with Crippen molar-refractivity contribution in [2.75, 3.05) is 0 Å². The van der Waals surface area contributed by atoms with E-state index in [9.17, 15) is 10.2 Å². The summed E-state index contributed by atoms with van der Waals surface area (Å²) in [4.78, 5) is 0. The van der Waals surface area contributed by atoms with Gasteiger partial charge in [-0.15, -0.1) is 17.0 Å². The lowest BCUT2D eigenvalue weighted by molar-refractivity contribution is -0.0947.